The molecule has 6 nitrogen and oxygen atoms in total. The molecule has 1 heterocycles. The molecule has 0 spiro atoms. The molecule has 1 aliphatic rings. The first-order valence-electron chi connectivity index (χ1n) is 4.16. The van der Waals surface area contributed by atoms with E-state index in [1.807, 2.05) is 0 Å². The van der Waals surface area contributed by atoms with E-state index in [-0.39, 0.29) is 4.91 Å². The van der Waals surface area contributed by atoms with Crippen LogP contribution in [0, 0.1) is 5.41 Å². The maximum Gasteiger partial charge on any atom is 0.207 e. The van der Waals surface area contributed by atoms with Crippen molar-refractivity contribution in [2.24, 2.45) is 9.50 Å². The smallest absolute Gasteiger partial charge is 0.207 e. The first-order valence-corrected chi connectivity index (χ1v) is 5.74. The van der Waals surface area contributed by atoms with Crippen molar-refractivity contribution < 1.29 is 8.95 Å². The maximum atomic E-state index is 11.7. The van der Waals surface area contributed by atoms with E-state index < -0.39 is 9.92 Å². The molecule has 4 N–H and O–H groups in total. The minimum atomic E-state index is -2.99. The van der Waals surface area contributed by atoms with E-state index in [1.165, 1.54) is 7.05 Å². The quantitative estimate of drug-likeness (QED) is 0.559. The van der Waals surface area contributed by atoms with E-state index in [1.54, 1.807) is 0 Å². The lowest BCUT2D eigenvalue weighted by Gasteiger charge is -2.20. The van der Waals surface area contributed by atoms with Crippen LogP contribution in [0.3, 0.4) is 0 Å². The van der Waals surface area contributed by atoms with E-state index >= 15 is 0 Å². The first kappa shape index (κ1) is 11.0. The van der Waals surface area contributed by atoms with Crippen LogP contribution in [0.4, 0.5) is 0 Å². The Morgan fingerprint density at radius 3 is 3.00 bits per heavy atom. The number of nitrogens with one attached hydrogen (secondary N) is 2. The van der Waals surface area contributed by atoms with Crippen LogP contribution >= 0.6 is 0 Å². The molecule has 0 aromatic carbocycles. The van der Waals surface area contributed by atoms with E-state index in [0.717, 1.165) is 19.2 Å². The molecule has 1 fully saturated rings. The van der Waals surface area contributed by atoms with Gasteiger partial charge in [-0.05, 0) is 6.42 Å². The molecule has 0 aromatic rings. The zero-order chi connectivity index (χ0) is 10.6. The van der Waals surface area contributed by atoms with E-state index in [4.69, 9.17) is 15.3 Å². The molecule has 0 aliphatic carbocycles. The topological polar surface area (TPSA) is 101 Å². The Bertz CT molecular complexity index is 360. The summed E-state index contributed by atoms with van der Waals surface area (Å²) in [6.07, 6.45) is 1.80. The molecule has 1 saturated heterocycles. The van der Waals surface area contributed by atoms with Crippen LogP contribution in [0.5, 0.6) is 0 Å². The highest BCUT2D eigenvalue weighted by Crippen LogP contribution is 2.11. The van der Waals surface area contributed by atoms with Crippen LogP contribution in [0.1, 0.15) is 6.42 Å². The average molecular weight is 218 g/mol. The van der Waals surface area contributed by atoms with Gasteiger partial charge in [0.25, 0.3) is 0 Å². The first-order chi connectivity index (χ1) is 6.61. The van der Waals surface area contributed by atoms with E-state index in [2.05, 4.69) is 9.68 Å². The summed E-state index contributed by atoms with van der Waals surface area (Å²) in [5.74, 6) is 0.310. The number of nitrogens with two attached hydrogens (primary N) is 1. The highest BCUT2D eigenvalue weighted by atomic mass is 32.2. The molecule has 1 aliphatic heterocycles. The number of rotatable bonds is 2. The Hall–Kier alpha value is -1.08. The molecule has 0 amide bonds. The number of ether oxygens (including phenoxy) is 1. The SMILES string of the molecule is CN=S(N)(=O)/C(C=N)=C1/NCCCO1. The Balaban J connectivity index is 3.12. The van der Waals surface area contributed by atoms with E-state index in [9.17, 15) is 4.21 Å². The monoisotopic (exact) mass is 218 g/mol. The molecule has 7 heteroatoms. The second-order valence-corrected chi connectivity index (χ2v) is 4.66. The fourth-order valence-corrected chi connectivity index (χ4v) is 1.80. The standard InChI is InChI=1S/C7H14N4O2S/c1-10-14(9,12)6(5-8)7-11-3-2-4-13-7/h5,8,11H,2-4H2,1H3,(H2,9,10,12)/b7-6-,8-5?. The largest absolute Gasteiger partial charge is 0.478 e. The van der Waals surface area contributed by atoms with Crippen molar-refractivity contribution in [3.63, 3.8) is 0 Å². The van der Waals surface area contributed by atoms with Gasteiger partial charge < -0.3 is 15.5 Å². The summed E-state index contributed by atoms with van der Waals surface area (Å²) in [5.41, 5.74) is 0. The molecule has 1 rings (SSSR count). The molecule has 80 valence electrons. The third-order valence-corrected chi connectivity index (χ3v) is 3.27. The van der Waals surface area contributed by atoms with Gasteiger partial charge in [0.1, 0.15) is 14.8 Å². The predicted octanol–water partition coefficient (Wildman–Crippen LogP) is -0.214. The van der Waals surface area contributed by atoms with Crippen molar-refractivity contribution in [1.29, 1.82) is 5.41 Å². The number of hydrogen-bond acceptors (Lipinski definition) is 5. The van der Waals surface area contributed by atoms with Crippen LogP contribution in [0.15, 0.2) is 15.2 Å². The van der Waals surface area contributed by atoms with Gasteiger partial charge in [-0.2, -0.15) is 0 Å². The summed E-state index contributed by atoms with van der Waals surface area (Å²) in [6, 6.07) is 0. The van der Waals surface area contributed by atoms with Crippen LogP contribution in [0.2, 0.25) is 0 Å². The zero-order valence-electron chi connectivity index (χ0n) is 7.95. The van der Waals surface area contributed by atoms with Crippen LogP contribution in [-0.2, 0) is 14.7 Å². The normalized spacial score (nSPS) is 23.9. The second kappa shape index (κ2) is 4.43. The van der Waals surface area contributed by atoms with Crippen molar-refractivity contribution in [1.82, 2.24) is 5.32 Å². The van der Waals surface area contributed by atoms with E-state index in [0.29, 0.717) is 12.5 Å². The lowest BCUT2D eigenvalue weighted by molar-refractivity contribution is 0.157. The minimum Gasteiger partial charge on any atom is -0.478 e. The van der Waals surface area contributed by atoms with Gasteiger partial charge in [-0.15, -0.1) is 0 Å². The van der Waals surface area contributed by atoms with Crippen LogP contribution in [-0.4, -0.2) is 30.6 Å². The summed E-state index contributed by atoms with van der Waals surface area (Å²) in [5, 5.41) is 15.5. The molecule has 0 bridgehead atoms. The number of hydrogen-bond donors (Lipinski definition) is 3. The third-order valence-electron chi connectivity index (χ3n) is 1.79. The zero-order valence-corrected chi connectivity index (χ0v) is 8.76. The minimum absolute atomic E-state index is 0.111. The molecular weight excluding hydrogens is 204 g/mol. The Morgan fingerprint density at radius 1 is 1.86 bits per heavy atom. The van der Waals surface area contributed by atoms with Crippen molar-refractivity contribution in [2.75, 3.05) is 20.2 Å². The molecule has 0 radical (unpaired) electrons. The molecule has 0 aromatic heterocycles. The van der Waals surface area contributed by atoms with Crippen molar-refractivity contribution in [3.05, 3.63) is 10.8 Å². The highest BCUT2D eigenvalue weighted by Gasteiger charge is 2.17. The summed E-state index contributed by atoms with van der Waals surface area (Å²) in [7, 11) is -1.63. The van der Waals surface area contributed by atoms with Crippen molar-refractivity contribution in [3.8, 4) is 0 Å². The number of nitrogens with zero attached hydrogens (tertiary/aromatic N) is 1. The van der Waals surface area contributed by atoms with Gasteiger partial charge in [0.2, 0.25) is 5.88 Å². The van der Waals surface area contributed by atoms with Gasteiger partial charge in [0, 0.05) is 19.8 Å². The summed E-state index contributed by atoms with van der Waals surface area (Å²) >= 11 is 0. The summed E-state index contributed by atoms with van der Waals surface area (Å²) in [6.45, 7) is 1.27. The Labute approximate surface area is 83.3 Å². The lowest BCUT2D eigenvalue weighted by atomic mass is 10.4. The third kappa shape index (κ3) is 2.24. The number of allylic oxidation sites excluding steroid dienone is 1. The van der Waals surface area contributed by atoms with Gasteiger partial charge in [-0.3, -0.25) is 0 Å². The summed E-state index contributed by atoms with van der Waals surface area (Å²) < 4.78 is 20.4. The van der Waals surface area contributed by atoms with Gasteiger partial charge >= 0.3 is 0 Å². The average Bonchev–Trinajstić information content (AvgIpc) is 2.20. The van der Waals surface area contributed by atoms with Crippen molar-refractivity contribution >= 4 is 16.1 Å². The summed E-state index contributed by atoms with van der Waals surface area (Å²) in [4.78, 5) is 0.111. The maximum absolute atomic E-state index is 11.7. The van der Waals surface area contributed by atoms with Crippen molar-refractivity contribution in [2.45, 2.75) is 6.42 Å². The van der Waals surface area contributed by atoms with Crippen LogP contribution in [0.25, 0.3) is 0 Å². The second-order valence-electron chi connectivity index (χ2n) is 2.72. The van der Waals surface area contributed by atoms with Gasteiger partial charge in [0.05, 0.1) is 6.61 Å². The Kier molecular flexibility index (Phi) is 3.48. The molecule has 0 saturated carbocycles. The van der Waals surface area contributed by atoms with Crippen LogP contribution < -0.4 is 10.5 Å². The molecule has 1 unspecified atom stereocenters. The van der Waals surface area contributed by atoms with Gasteiger partial charge in [-0.1, -0.05) is 0 Å². The fraction of sp³-hybridized carbons (Fsp3) is 0.571. The molecule has 14 heavy (non-hydrogen) atoms. The predicted molar refractivity (Wildman–Crippen MR) is 55.1 cm³/mol. The highest BCUT2D eigenvalue weighted by molar-refractivity contribution is 7.96. The fourth-order valence-electron chi connectivity index (χ4n) is 1.04. The van der Waals surface area contributed by atoms with Gasteiger partial charge in [0.15, 0.2) is 0 Å². The molecule has 1 atom stereocenters. The van der Waals surface area contributed by atoms with Gasteiger partial charge in [-0.25, -0.2) is 13.7 Å². The lowest BCUT2D eigenvalue weighted by Crippen LogP contribution is -2.30. The Morgan fingerprint density at radius 2 is 2.57 bits per heavy atom. The molecular formula is C7H14N4O2S.